The molecule has 0 heterocycles. The van der Waals surface area contributed by atoms with Gasteiger partial charge >= 0.3 is 11.9 Å². The number of ether oxygens (including phenoxy) is 5. The normalized spacial score (nSPS) is 11.1. The van der Waals surface area contributed by atoms with Crippen molar-refractivity contribution < 1.29 is 33.3 Å². The minimum Gasteiger partial charge on any atom is -0.493 e. The molecule has 2 aromatic carbocycles. The van der Waals surface area contributed by atoms with Gasteiger partial charge in [-0.3, -0.25) is 0 Å². The molecule has 0 aliphatic heterocycles. The van der Waals surface area contributed by atoms with Crippen LogP contribution in [0.3, 0.4) is 0 Å². The lowest BCUT2D eigenvalue weighted by Gasteiger charge is -2.13. The fourth-order valence-electron chi connectivity index (χ4n) is 2.82. The maximum absolute atomic E-state index is 12.4. The van der Waals surface area contributed by atoms with Gasteiger partial charge in [-0.15, -0.1) is 0 Å². The summed E-state index contributed by atoms with van der Waals surface area (Å²) in [6.45, 7) is 5.65. The highest BCUT2D eigenvalue weighted by molar-refractivity contribution is 5.98. The molecule has 0 aromatic heterocycles. The molecule has 8 heteroatoms. The number of hydrogen-bond acceptors (Lipinski definition) is 8. The molecule has 0 amide bonds. The number of hydrogen-bond donors (Lipinski definition) is 0. The van der Waals surface area contributed by atoms with Gasteiger partial charge in [0.05, 0.1) is 26.9 Å². The van der Waals surface area contributed by atoms with E-state index < -0.39 is 11.9 Å². The van der Waals surface area contributed by atoms with Crippen molar-refractivity contribution in [2.24, 2.45) is 0 Å². The number of esters is 2. The number of methoxy groups -OCH3 is 2. The van der Waals surface area contributed by atoms with E-state index >= 15 is 0 Å². The Morgan fingerprint density at radius 2 is 1.59 bits per heavy atom. The molecule has 0 saturated heterocycles. The van der Waals surface area contributed by atoms with Crippen LogP contribution in [0.2, 0.25) is 0 Å². The highest BCUT2D eigenvalue weighted by atomic mass is 16.6. The van der Waals surface area contributed by atoms with E-state index in [1.54, 1.807) is 56.5 Å². The number of nitriles is 1. The topological polar surface area (TPSA) is 104 Å². The van der Waals surface area contributed by atoms with Gasteiger partial charge in [0.2, 0.25) is 0 Å². The molecule has 0 radical (unpaired) electrons. The lowest BCUT2D eigenvalue weighted by molar-refractivity contribution is -0.138. The van der Waals surface area contributed by atoms with E-state index in [0.29, 0.717) is 17.1 Å². The van der Waals surface area contributed by atoms with Crippen molar-refractivity contribution in [3.8, 4) is 29.1 Å². The zero-order valence-electron chi connectivity index (χ0n) is 19.8. The van der Waals surface area contributed by atoms with Gasteiger partial charge in [0.15, 0.2) is 23.0 Å². The average molecular weight is 466 g/mol. The van der Waals surface area contributed by atoms with Crippen LogP contribution in [-0.2, 0) is 14.3 Å². The third kappa shape index (κ3) is 7.41. The van der Waals surface area contributed by atoms with Crippen LogP contribution < -0.4 is 18.9 Å². The Morgan fingerprint density at radius 1 is 0.971 bits per heavy atom. The van der Waals surface area contributed by atoms with E-state index in [9.17, 15) is 14.9 Å². The van der Waals surface area contributed by atoms with Crippen molar-refractivity contribution in [2.75, 3.05) is 20.8 Å². The Morgan fingerprint density at radius 3 is 2.21 bits per heavy atom. The second-order valence-corrected chi connectivity index (χ2v) is 7.13. The van der Waals surface area contributed by atoms with Gasteiger partial charge in [0.25, 0.3) is 0 Å². The first-order valence-electron chi connectivity index (χ1n) is 10.5. The van der Waals surface area contributed by atoms with Crippen LogP contribution in [0.15, 0.2) is 48.0 Å². The molecule has 2 aromatic rings. The first-order valence-corrected chi connectivity index (χ1v) is 10.5. The Labute approximate surface area is 199 Å². The third-order valence-electron chi connectivity index (χ3n) is 4.29. The molecule has 0 aliphatic rings. The monoisotopic (exact) mass is 465 g/mol. The maximum atomic E-state index is 12.4. The Hall–Kier alpha value is -4.25. The number of benzene rings is 2. The summed E-state index contributed by atoms with van der Waals surface area (Å²) in [6, 6.07) is 11.8. The molecule has 178 valence electrons. The predicted molar refractivity (Wildman–Crippen MR) is 127 cm³/mol. The summed E-state index contributed by atoms with van der Waals surface area (Å²) in [4.78, 5) is 24.2. The zero-order chi connectivity index (χ0) is 25.1. The minimum absolute atomic E-state index is 0.00113. The molecular formula is C26H27NO7. The van der Waals surface area contributed by atoms with Crippen LogP contribution in [0.5, 0.6) is 23.0 Å². The minimum atomic E-state index is -0.718. The van der Waals surface area contributed by atoms with Crippen LogP contribution >= 0.6 is 0 Å². The number of nitrogens with zero attached hydrogens (tertiary/aromatic N) is 1. The van der Waals surface area contributed by atoms with Gasteiger partial charge in [0.1, 0.15) is 11.6 Å². The summed E-state index contributed by atoms with van der Waals surface area (Å²) < 4.78 is 26.6. The smallest absolute Gasteiger partial charge is 0.348 e. The quantitative estimate of drug-likeness (QED) is 0.217. The van der Waals surface area contributed by atoms with Crippen LogP contribution in [-0.4, -0.2) is 38.9 Å². The second-order valence-electron chi connectivity index (χ2n) is 7.13. The van der Waals surface area contributed by atoms with Gasteiger partial charge in [-0.2, -0.15) is 5.26 Å². The molecule has 0 unspecified atom stereocenters. The fraction of sp³-hybridized carbons (Fsp3) is 0.269. The van der Waals surface area contributed by atoms with Crippen LogP contribution in [0.1, 0.15) is 31.9 Å². The average Bonchev–Trinajstić information content (AvgIpc) is 2.82. The van der Waals surface area contributed by atoms with Crippen LogP contribution in [0.25, 0.3) is 12.2 Å². The van der Waals surface area contributed by atoms with E-state index in [4.69, 9.17) is 23.7 Å². The highest BCUT2D eigenvalue weighted by Crippen LogP contribution is 2.31. The lowest BCUT2D eigenvalue weighted by atomic mass is 10.1. The van der Waals surface area contributed by atoms with Crippen molar-refractivity contribution in [1.29, 1.82) is 5.26 Å². The molecule has 0 aliphatic carbocycles. The van der Waals surface area contributed by atoms with E-state index in [-0.39, 0.29) is 29.8 Å². The molecule has 0 spiro atoms. The van der Waals surface area contributed by atoms with Crippen LogP contribution in [0, 0.1) is 11.3 Å². The summed E-state index contributed by atoms with van der Waals surface area (Å²) in [5.41, 5.74) is 1.07. The molecule has 0 saturated carbocycles. The number of carbonyl (C=O) groups excluding carboxylic acids is 2. The summed E-state index contributed by atoms with van der Waals surface area (Å²) in [6.07, 6.45) is 4.23. The molecule has 0 atom stereocenters. The SMILES string of the molecule is CCOC(=O)/C(C#N)=C/c1ccc(OC(=O)/C=C/c2ccc(OC(C)C)c(OC)c2)c(OC)c1. The molecule has 34 heavy (non-hydrogen) atoms. The van der Waals surface area contributed by atoms with Gasteiger partial charge in [-0.05, 0) is 68.3 Å². The molecule has 2 rings (SSSR count). The molecule has 0 bridgehead atoms. The Balaban J connectivity index is 2.16. The van der Waals surface area contributed by atoms with Gasteiger partial charge in [0, 0.05) is 6.08 Å². The molecule has 0 fully saturated rings. The standard InChI is InChI=1S/C26H27NO7/c1-6-32-26(29)20(16-27)13-19-8-11-22(24(15-19)31-5)34-25(28)12-9-18-7-10-21(33-17(2)3)23(14-18)30-4/h7-15,17H,6H2,1-5H3/b12-9+,20-13+. The van der Waals surface area contributed by atoms with Crippen molar-refractivity contribution in [1.82, 2.24) is 0 Å². The van der Waals surface area contributed by atoms with E-state index in [1.165, 1.54) is 25.3 Å². The van der Waals surface area contributed by atoms with Crippen molar-refractivity contribution >= 4 is 24.1 Å². The third-order valence-corrected chi connectivity index (χ3v) is 4.29. The summed E-state index contributed by atoms with van der Waals surface area (Å²) in [5, 5.41) is 9.18. The van der Waals surface area contributed by atoms with Gasteiger partial charge < -0.3 is 23.7 Å². The number of rotatable bonds is 10. The van der Waals surface area contributed by atoms with Gasteiger partial charge in [-0.1, -0.05) is 12.1 Å². The second kappa shape index (κ2) is 12.7. The zero-order valence-corrected chi connectivity index (χ0v) is 19.8. The maximum Gasteiger partial charge on any atom is 0.348 e. The fourth-order valence-corrected chi connectivity index (χ4v) is 2.82. The van der Waals surface area contributed by atoms with Gasteiger partial charge in [-0.25, -0.2) is 9.59 Å². The van der Waals surface area contributed by atoms with E-state index in [1.807, 2.05) is 13.8 Å². The van der Waals surface area contributed by atoms with E-state index in [0.717, 1.165) is 5.56 Å². The van der Waals surface area contributed by atoms with Crippen LogP contribution in [0.4, 0.5) is 0 Å². The Kier molecular flexibility index (Phi) is 9.72. The van der Waals surface area contributed by atoms with E-state index in [2.05, 4.69) is 0 Å². The first-order chi connectivity index (χ1) is 16.3. The molecule has 0 N–H and O–H groups in total. The first kappa shape index (κ1) is 26.0. The summed E-state index contributed by atoms with van der Waals surface area (Å²) in [5.74, 6) is 0.265. The van der Waals surface area contributed by atoms with Crippen molar-refractivity contribution in [3.63, 3.8) is 0 Å². The largest absolute Gasteiger partial charge is 0.493 e. The Bertz CT molecular complexity index is 1130. The van der Waals surface area contributed by atoms with Crippen molar-refractivity contribution in [2.45, 2.75) is 26.9 Å². The summed E-state index contributed by atoms with van der Waals surface area (Å²) >= 11 is 0. The lowest BCUT2D eigenvalue weighted by Crippen LogP contribution is -2.07. The number of carbonyl (C=O) groups is 2. The van der Waals surface area contributed by atoms with Crippen molar-refractivity contribution in [3.05, 3.63) is 59.2 Å². The predicted octanol–water partition coefficient (Wildman–Crippen LogP) is 4.58. The molecular weight excluding hydrogens is 438 g/mol. The molecule has 8 nitrogen and oxygen atoms in total. The highest BCUT2D eigenvalue weighted by Gasteiger charge is 2.13. The summed E-state index contributed by atoms with van der Waals surface area (Å²) in [7, 11) is 2.96.